The third-order valence-corrected chi connectivity index (χ3v) is 6.70. The number of amides is 1. The highest BCUT2D eigenvalue weighted by Crippen LogP contribution is 2.45. The first-order valence-electron chi connectivity index (χ1n) is 10.6. The first-order valence-corrected chi connectivity index (χ1v) is 11.5. The number of hydrogen-bond acceptors (Lipinski definition) is 5. The average Bonchev–Trinajstić information content (AvgIpc) is 3.25. The number of nitrogens with zero attached hydrogens (tertiary/aromatic N) is 1. The van der Waals surface area contributed by atoms with E-state index in [0.717, 1.165) is 40.4 Å². The Balaban J connectivity index is 1.58. The molecule has 1 amide bonds. The molecule has 3 aromatic rings. The van der Waals surface area contributed by atoms with Gasteiger partial charge in [0.2, 0.25) is 5.91 Å². The highest BCUT2D eigenvalue weighted by atomic mass is 32.1. The summed E-state index contributed by atoms with van der Waals surface area (Å²) in [5, 5.41) is 8.26. The molecule has 5 rings (SSSR count). The Morgan fingerprint density at radius 1 is 1.12 bits per heavy atom. The number of Topliss-reactive ketones (excluding diaryl/α,β-unsaturated/α-hetero) is 1. The van der Waals surface area contributed by atoms with Crippen molar-refractivity contribution >= 4 is 40.1 Å². The van der Waals surface area contributed by atoms with E-state index in [9.17, 15) is 14.0 Å². The van der Waals surface area contributed by atoms with Gasteiger partial charge in [0.25, 0.3) is 0 Å². The summed E-state index contributed by atoms with van der Waals surface area (Å²) in [5.74, 6) is -0.578. The van der Waals surface area contributed by atoms with Gasteiger partial charge in [-0.3, -0.25) is 9.59 Å². The number of carbonyl (C=O) groups excluding carboxylic acids is 2. The van der Waals surface area contributed by atoms with Gasteiger partial charge in [-0.25, -0.2) is 4.39 Å². The van der Waals surface area contributed by atoms with Crippen LogP contribution in [0.3, 0.4) is 0 Å². The maximum Gasteiger partial charge on any atom is 0.243 e. The van der Waals surface area contributed by atoms with Gasteiger partial charge in [0.1, 0.15) is 5.82 Å². The van der Waals surface area contributed by atoms with E-state index < -0.39 is 5.82 Å². The lowest BCUT2D eigenvalue weighted by atomic mass is 9.88. The second kappa shape index (κ2) is 8.59. The maximum atomic E-state index is 13.6. The number of anilines is 3. The number of fused-ring (bicyclic) bond motifs is 1. The molecule has 0 saturated heterocycles. The van der Waals surface area contributed by atoms with Gasteiger partial charge in [0.15, 0.2) is 5.78 Å². The second-order valence-electron chi connectivity index (χ2n) is 7.92. The number of hydrogen-bond donors (Lipinski definition) is 2. The molecule has 1 aliphatic heterocycles. The highest BCUT2D eigenvalue weighted by molar-refractivity contribution is 7.10. The summed E-state index contributed by atoms with van der Waals surface area (Å²) in [6, 6.07) is 17.2. The van der Waals surface area contributed by atoms with Crippen LogP contribution < -0.4 is 15.5 Å². The van der Waals surface area contributed by atoms with E-state index in [4.69, 9.17) is 0 Å². The number of halogens is 1. The zero-order valence-corrected chi connectivity index (χ0v) is 18.1. The Bertz CT molecular complexity index is 1210. The fourth-order valence-corrected chi connectivity index (χ4v) is 5.28. The molecule has 5 nitrogen and oxygen atoms in total. The molecule has 162 valence electrons. The van der Waals surface area contributed by atoms with Crippen LogP contribution in [0.25, 0.3) is 0 Å². The van der Waals surface area contributed by atoms with Crippen molar-refractivity contribution in [1.29, 1.82) is 0 Å². The van der Waals surface area contributed by atoms with Crippen molar-refractivity contribution < 1.29 is 14.0 Å². The number of nitrogens with one attached hydrogen (secondary N) is 2. The van der Waals surface area contributed by atoms with E-state index in [1.807, 2.05) is 46.7 Å². The van der Waals surface area contributed by atoms with Gasteiger partial charge in [-0.2, -0.15) is 0 Å². The van der Waals surface area contributed by atoms with Gasteiger partial charge >= 0.3 is 0 Å². The lowest BCUT2D eigenvalue weighted by Crippen LogP contribution is -2.38. The topological polar surface area (TPSA) is 61.4 Å². The molecule has 1 atom stereocenters. The molecule has 1 aliphatic carbocycles. The standard InChI is InChI=1S/C25H22FN3O2S/c26-16-6-3-7-17(14-16)27-23(31)15-29-20-10-2-1-8-18(20)28-19-9-4-11-21(30)24(19)25(29)22-12-5-13-32-22/h1-3,5-8,10,12-14,25,28H,4,9,11,15H2,(H,27,31). The number of ketones is 1. The van der Waals surface area contributed by atoms with Crippen LogP contribution in [0.2, 0.25) is 0 Å². The molecular weight excluding hydrogens is 425 g/mol. The minimum atomic E-state index is -0.411. The van der Waals surface area contributed by atoms with Gasteiger partial charge in [0, 0.05) is 28.3 Å². The number of para-hydroxylation sites is 2. The zero-order chi connectivity index (χ0) is 22.1. The molecule has 1 aromatic heterocycles. The molecule has 7 heteroatoms. The van der Waals surface area contributed by atoms with Crippen LogP contribution in [0.15, 0.2) is 77.3 Å². The van der Waals surface area contributed by atoms with Crippen LogP contribution in [-0.2, 0) is 9.59 Å². The van der Waals surface area contributed by atoms with Crippen molar-refractivity contribution in [2.45, 2.75) is 25.3 Å². The SMILES string of the molecule is O=C(CN1c2ccccc2NC2=C(C(=O)CCC2)C1c1cccs1)Nc1cccc(F)c1. The second-order valence-corrected chi connectivity index (χ2v) is 8.89. The molecule has 0 radical (unpaired) electrons. The molecule has 0 spiro atoms. The zero-order valence-electron chi connectivity index (χ0n) is 17.3. The van der Waals surface area contributed by atoms with E-state index >= 15 is 0 Å². The normalized spacial score (nSPS) is 17.8. The summed E-state index contributed by atoms with van der Waals surface area (Å²) in [4.78, 5) is 29.2. The van der Waals surface area contributed by atoms with Crippen molar-refractivity contribution in [3.05, 3.63) is 88.0 Å². The average molecular weight is 448 g/mol. The Morgan fingerprint density at radius 3 is 2.81 bits per heavy atom. The van der Waals surface area contributed by atoms with E-state index in [0.29, 0.717) is 12.1 Å². The van der Waals surface area contributed by atoms with Gasteiger partial charge in [-0.05, 0) is 54.6 Å². The van der Waals surface area contributed by atoms with Crippen LogP contribution >= 0.6 is 11.3 Å². The van der Waals surface area contributed by atoms with Crippen molar-refractivity contribution in [3.8, 4) is 0 Å². The largest absolute Gasteiger partial charge is 0.357 e. The molecule has 0 fully saturated rings. The van der Waals surface area contributed by atoms with Crippen molar-refractivity contribution in [2.75, 3.05) is 22.1 Å². The fourth-order valence-electron chi connectivity index (χ4n) is 4.44. The first kappa shape index (κ1) is 20.5. The summed E-state index contributed by atoms with van der Waals surface area (Å²) in [7, 11) is 0. The van der Waals surface area contributed by atoms with Crippen LogP contribution in [0.5, 0.6) is 0 Å². The molecule has 1 unspecified atom stereocenters. The van der Waals surface area contributed by atoms with Crippen LogP contribution in [0.4, 0.5) is 21.5 Å². The molecule has 2 aromatic carbocycles. The Hall–Kier alpha value is -3.45. The molecule has 0 bridgehead atoms. The minimum absolute atomic E-state index is 0.0157. The third kappa shape index (κ3) is 3.91. The molecule has 32 heavy (non-hydrogen) atoms. The Morgan fingerprint density at radius 2 is 2.00 bits per heavy atom. The molecular formula is C25H22FN3O2S. The van der Waals surface area contributed by atoms with Crippen LogP contribution in [0.1, 0.15) is 30.2 Å². The van der Waals surface area contributed by atoms with Gasteiger partial charge in [0.05, 0.1) is 24.0 Å². The summed E-state index contributed by atoms with van der Waals surface area (Å²) in [5.41, 5.74) is 3.78. The molecule has 0 saturated carbocycles. The summed E-state index contributed by atoms with van der Waals surface area (Å²) in [6.07, 6.45) is 2.10. The van der Waals surface area contributed by atoms with Crippen molar-refractivity contribution in [2.24, 2.45) is 0 Å². The Labute approximate surface area is 189 Å². The van der Waals surface area contributed by atoms with Gasteiger partial charge in [-0.1, -0.05) is 24.3 Å². The van der Waals surface area contributed by atoms with Crippen molar-refractivity contribution in [3.63, 3.8) is 0 Å². The number of thiophene rings is 1. The van der Waals surface area contributed by atoms with Crippen LogP contribution in [0, 0.1) is 5.82 Å². The quantitative estimate of drug-likeness (QED) is 0.554. The van der Waals surface area contributed by atoms with Crippen molar-refractivity contribution in [1.82, 2.24) is 0 Å². The maximum absolute atomic E-state index is 13.6. The predicted octanol–water partition coefficient (Wildman–Crippen LogP) is 5.51. The van der Waals surface area contributed by atoms with E-state index in [2.05, 4.69) is 10.6 Å². The lowest BCUT2D eigenvalue weighted by molar-refractivity contribution is -0.117. The Kier molecular flexibility index (Phi) is 5.49. The van der Waals surface area contributed by atoms with E-state index in [1.54, 1.807) is 23.5 Å². The lowest BCUT2D eigenvalue weighted by Gasteiger charge is -2.34. The van der Waals surface area contributed by atoms with Gasteiger partial charge < -0.3 is 15.5 Å². The third-order valence-electron chi connectivity index (χ3n) is 5.78. The fraction of sp³-hybridized carbons (Fsp3) is 0.200. The minimum Gasteiger partial charge on any atom is -0.357 e. The first-order chi connectivity index (χ1) is 15.6. The highest BCUT2D eigenvalue weighted by Gasteiger charge is 2.37. The number of allylic oxidation sites excluding steroid dienone is 1. The summed E-state index contributed by atoms with van der Waals surface area (Å²) in [6.45, 7) is 0.0157. The summed E-state index contributed by atoms with van der Waals surface area (Å²) < 4.78 is 13.6. The van der Waals surface area contributed by atoms with Gasteiger partial charge in [-0.15, -0.1) is 11.3 Å². The smallest absolute Gasteiger partial charge is 0.243 e. The predicted molar refractivity (Wildman–Crippen MR) is 125 cm³/mol. The molecule has 2 aliphatic rings. The molecule has 2 N–H and O–H groups in total. The number of benzene rings is 2. The van der Waals surface area contributed by atoms with Crippen LogP contribution in [-0.4, -0.2) is 18.2 Å². The monoisotopic (exact) mass is 447 g/mol. The molecule has 2 heterocycles. The summed E-state index contributed by atoms with van der Waals surface area (Å²) >= 11 is 1.57. The number of carbonyl (C=O) groups is 2. The van der Waals surface area contributed by atoms with E-state index in [-0.39, 0.29) is 24.3 Å². The van der Waals surface area contributed by atoms with E-state index in [1.165, 1.54) is 12.1 Å². The number of rotatable bonds is 4.